The fourth-order valence-corrected chi connectivity index (χ4v) is 2.15. The Labute approximate surface area is 134 Å². The third-order valence-corrected chi connectivity index (χ3v) is 4.22. The summed E-state index contributed by atoms with van der Waals surface area (Å²) >= 11 is 0. The maximum absolute atomic E-state index is 12.4. The van der Waals surface area contributed by atoms with Gasteiger partial charge in [-0.3, -0.25) is 4.79 Å². The summed E-state index contributed by atoms with van der Waals surface area (Å²) in [6.45, 7) is 11.9. The van der Waals surface area contributed by atoms with E-state index in [0.717, 1.165) is 29.0 Å². The molecule has 0 fully saturated rings. The molecule has 22 heavy (non-hydrogen) atoms. The number of amides is 1. The van der Waals surface area contributed by atoms with E-state index in [0.29, 0.717) is 6.42 Å². The summed E-state index contributed by atoms with van der Waals surface area (Å²) in [5.41, 5.74) is 2.00. The Kier molecular flexibility index (Phi) is 6.42. The normalized spacial score (nSPS) is 15.0. The van der Waals surface area contributed by atoms with Gasteiger partial charge >= 0.3 is 0 Å². The molecule has 1 aromatic carbocycles. The van der Waals surface area contributed by atoms with Crippen molar-refractivity contribution >= 4 is 11.6 Å². The fraction of sp³-hybridized carbons (Fsp3) is 0.611. The van der Waals surface area contributed by atoms with Crippen molar-refractivity contribution in [3.8, 4) is 5.75 Å². The lowest BCUT2D eigenvalue weighted by molar-refractivity contribution is -0.136. The molecule has 4 nitrogen and oxygen atoms in total. The molecule has 0 aliphatic heterocycles. The van der Waals surface area contributed by atoms with Crippen LogP contribution in [-0.4, -0.2) is 24.7 Å². The van der Waals surface area contributed by atoms with Gasteiger partial charge in [-0.15, -0.1) is 0 Å². The average Bonchev–Trinajstić information content (AvgIpc) is 2.49. The topological polar surface area (TPSA) is 47.6 Å². The third-order valence-electron chi connectivity index (χ3n) is 4.22. The smallest absolute Gasteiger partial charge is 0.256 e. The number of aryl methyl sites for hydroxylation is 2. The van der Waals surface area contributed by atoms with Crippen LogP contribution in [0.5, 0.6) is 5.75 Å². The largest absolute Gasteiger partial charge is 0.490 e. The summed E-state index contributed by atoms with van der Waals surface area (Å²) in [6, 6.07) is 3.88. The monoisotopic (exact) mass is 307 g/mol. The van der Waals surface area contributed by atoms with Crippen LogP contribution < -0.4 is 10.1 Å². The van der Waals surface area contributed by atoms with Gasteiger partial charge in [0, 0.05) is 12.8 Å². The van der Waals surface area contributed by atoms with E-state index in [4.69, 9.17) is 9.47 Å². The Morgan fingerprint density at radius 2 is 1.82 bits per heavy atom. The molecule has 1 rings (SSSR count). The predicted molar refractivity (Wildman–Crippen MR) is 90.6 cm³/mol. The lowest BCUT2D eigenvalue weighted by Crippen LogP contribution is -2.41. The predicted octanol–water partition coefficient (Wildman–Crippen LogP) is 4.23. The molecule has 0 aliphatic carbocycles. The molecule has 124 valence electrons. The van der Waals surface area contributed by atoms with Gasteiger partial charge in [0.25, 0.3) is 5.91 Å². The maximum atomic E-state index is 12.4. The Hall–Kier alpha value is -1.55. The van der Waals surface area contributed by atoms with E-state index in [1.54, 1.807) is 14.0 Å². The van der Waals surface area contributed by atoms with Gasteiger partial charge in [0.05, 0.1) is 6.10 Å². The van der Waals surface area contributed by atoms with E-state index in [-0.39, 0.29) is 12.0 Å². The number of methoxy groups -OCH3 is 1. The SMILES string of the molecule is CCC(C)Oc1c(C)cc(NC(=O)C(C)(CC)OC)cc1C. The Morgan fingerprint density at radius 3 is 2.23 bits per heavy atom. The molecule has 4 heteroatoms. The minimum atomic E-state index is -0.812. The number of hydrogen-bond donors (Lipinski definition) is 1. The van der Waals surface area contributed by atoms with Gasteiger partial charge in [0.15, 0.2) is 0 Å². The number of nitrogens with one attached hydrogen (secondary N) is 1. The van der Waals surface area contributed by atoms with Gasteiger partial charge in [-0.05, 0) is 63.8 Å². The zero-order chi connectivity index (χ0) is 16.9. The summed E-state index contributed by atoms with van der Waals surface area (Å²) < 4.78 is 11.3. The second kappa shape index (κ2) is 7.63. The van der Waals surface area contributed by atoms with Crippen molar-refractivity contribution < 1.29 is 14.3 Å². The Bertz CT molecular complexity index is 498. The molecule has 1 N–H and O–H groups in total. The lowest BCUT2D eigenvalue weighted by atomic mass is 10.0. The molecule has 0 bridgehead atoms. The number of carbonyl (C=O) groups is 1. The summed E-state index contributed by atoms with van der Waals surface area (Å²) in [5.74, 6) is 0.768. The van der Waals surface area contributed by atoms with E-state index >= 15 is 0 Å². The number of benzene rings is 1. The van der Waals surface area contributed by atoms with Crippen molar-refractivity contribution in [3.63, 3.8) is 0 Å². The Morgan fingerprint density at radius 1 is 1.27 bits per heavy atom. The molecule has 0 spiro atoms. The van der Waals surface area contributed by atoms with Crippen LogP contribution in [0.25, 0.3) is 0 Å². The molecular formula is C18H29NO3. The van der Waals surface area contributed by atoms with Gasteiger partial charge in [0.1, 0.15) is 11.4 Å². The first kappa shape index (κ1) is 18.5. The van der Waals surface area contributed by atoms with Crippen LogP contribution in [-0.2, 0) is 9.53 Å². The quantitative estimate of drug-likeness (QED) is 0.820. The molecule has 1 amide bonds. The van der Waals surface area contributed by atoms with Crippen molar-refractivity contribution in [3.05, 3.63) is 23.3 Å². The van der Waals surface area contributed by atoms with Gasteiger partial charge in [0.2, 0.25) is 0 Å². The minimum absolute atomic E-state index is 0.133. The summed E-state index contributed by atoms with van der Waals surface area (Å²) in [4.78, 5) is 12.4. The summed E-state index contributed by atoms with van der Waals surface area (Å²) in [5, 5.41) is 2.94. The van der Waals surface area contributed by atoms with Crippen LogP contribution in [0.2, 0.25) is 0 Å². The summed E-state index contributed by atoms with van der Waals surface area (Å²) in [6.07, 6.45) is 1.75. The van der Waals surface area contributed by atoms with Gasteiger partial charge in [-0.2, -0.15) is 0 Å². The van der Waals surface area contributed by atoms with E-state index in [1.165, 1.54) is 0 Å². The second-order valence-corrected chi connectivity index (χ2v) is 6.02. The first-order chi connectivity index (χ1) is 10.3. The van der Waals surface area contributed by atoms with Crippen LogP contribution in [0.15, 0.2) is 12.1 Å². The van der Waals surface area contributed by atoms with Crippen LogP contribution >= 0.6 is 0 Å². The van der Waals surface area contributed by atoms with Crippen LogP contribution in [0.1, 0.15) is 51.7 Å². The van der Waals surface area contributed by atoms with Crippen molar-refractivity contribution in [2.75, 3.05) is 12.4 Å². The molecule has 0 aromatic heterocycles. The highest BCUT2D eigenvalue weighted by molar-refractivity contribution is 5.97. The van der Waals surface area contributed by atoms with Gasteiger partial charge in [-0.25, -0.2) is 0 Å². The third kappa shape index (κ3) is 4.23. The van der Waals surface area contributed by atoms with Crippen LogP contribution in [0.4, 0.5) is 5.69 Å². The highest BCUT2D eigenvalue weighted by Gasteiger charge is 2.31. The van der Waals surface area contributed by atoms with E-state index in [9.17, 15) is 4.79 Å². The zero-order valence-corrected chi connectivity index (χ0v) is 14.9. The Balaban J connectivity index is 2.98. The number of hydrogen-bond acceptors (Lipinski definition) is 3. The number of anilines is 1. The first-order valence-electron chi connectivity index (χ1n) is 7.91. The average molecular weight is 307 g/mol. The zero-order valence-electron chi connectivity index (χ0n) is 14.9. The van der Waals surface area contributed by atoms with Gasteiger partial charge < -0.3 is 14.8 Å². The highest BCUT2D eigenvalue weighted by atomic mass is 16.5. The first-order valence-corrected chi connectivity index (χ1v) is 7.91. The summed E-state index contributed by atoms with van der Waals surface area (Å²) in [7, 11) is 1.56. The molecule has 0 saturated heterocycles. The van der Waals surface area contributed by atoms with Crippen LogP contribution in [0.3, 0.4) is 0 Å². The number of rotatable bonds is 7. The van der Waals surface area contributed by atoms with E-state index in [2.05, 4.69) is 19.2 Å². The maximum Gasteiger partial charge on any atom is 0.256 e. The number of ether oxygens (including phenoxy) is 2. The van der Waals surface area contributed by atoms with Crippen molar-refractivity contribution in [1.29, 1.82) is 0 Å². The molecule has 0 radical (unpaired) electrons. The molecular weight excluding hydrogens is 278 g/mol. The van der Waals surface area contributed by atoms with Gasteiger partial charge in [-0.1, -0.05) is 13.8 Å². The van der Waals surface area contributed by atoms with E-state index < -0.39 is 5.60 Å². The van der Waals surface area contributed by atoms with Crippen LogP contribution in [0, 0.1) is 13.8 Å². The van der Waals surface area contributed by atoms with Crippen molar-refractivity contribution in [2.24, 2.45) is 0 Å². The van der Waals surface area contributed by atoms with Crippen molar-refractivity contribution in [2.45, 2.75) is 66.1 Å². The fourth-order valence-electron chi connectivity index (χ4n) is 2.15. The molecule has 0 saturated carbocycles. The molecule has 2 unspecified atom stereocenters. The second-order valence-electron chi connectivity index (χ2n) is 6.02. The molecule has 1 aromatic rings. The minimum Gasteiger partial charge on any atom is -0.490 e. The molecule has 0 heterocycles. The standard InChI is InChI=1S/C18H29NO3/c1-8-14(5)22-16-12(3)10-15(11-13(16)4)19-17(20)18(6,9-2)21-7/h10-11,14H,8-9H2,1-7H3,(H,19,20). The lowest BCUT2D eigenvalue weighted by Gasteiger charge is -2.25. The van der Waals surface area contributed by atoms with Crippen molar-refractivity contribution in [1.82, 2.24) is 0 Å². The highest BCUT2D eigenvalue weighted by Crippen LogP contribution is 2.29. The molecule has 0 aliphatic rings. The molecule has 2 atom stereocenters. The number of carbonyl (C=O) groups excluding carboxylic acids is 1. The van der Waals surface area contributed by atoms with E-state index in [1.807, 2.05) is 32.9 Å².